The van der Waals surface area contributed by atoms with Gasteiger partial charge < -0.3 is 0 Å². The second-order valence-electron chi connectivity index (χ2n) is 4.30. The number of rotatable bonds is 4. The van der Waals surface area contributed by atoms with Gasteiger partial charge in [-0.05, 0) is 13.0 Å². The van der Waals surface area contributed by atoms with Gasteiger partial charge in [0.1, 0.15) is 5.69 Å². The highest BCUT2D eigenvalue weighted by Crippen LogP contribution is 2.28. The minimum absolute atomic E-state index is 0.00955. The number of ketones is 1. The van der Waals surface area contributed by atoms with Crippen LogP contribution in [0.3, 0.4) is 0 Å². The minimum atomic E-state index is -4.51. The minimum Gasteiger partial charge on any atom is -0.293 e. The smallest absolute Gasteiger partial charge is 0.293 e. The van der Waals surface area contributed by atoms with Gasteiger partial charge in [0.2, 0.25) is 0 Å². The molecular formula is C14H11F3N2OS. The number of carbonyl (C=O) groups is 1. The zero-order valence-corrected chi connectivity index (χ0v) is 11.8. The van der Waals surface area contributed by atoms with Crippen LogP contribution in [0.4, 0.5) is 13.2 Å². The number of aromatic nitrogens is 2. The van der Waals surface area contributed by atoms with Crippen molar-refractivity contribution in [1.29, 1.82) is 0 Å². The SMILES string of the molecule is Cc1ccc(C(=O)CSc2nccc(C(F)(F)F)n2)cc1. The molecule has 0 radical (unpaired) electrons. The third-order valence-corrected chi connectivity index (χ3v) is 3.49. The molecular weight excluding hydrogens is 301 g/mol. The third kappa shape index (κ3) is 4.29. The molecule has 0 atom stereocenters. The molecule has 2 rings (SSSR count). The summed E-state index contributed by atoms with van der Waals surface area (Å²) in [6.45, 7) is 1.90. The Labute approximate surface area is 123 Å². The Kier molecular flexibility index (Phi) is 4.62. The molecule has 0 amide bonds. The zero-order valence-electron chi connectivity index (χ0n) is 11.0. The predicted molar refractivity (Wildman–Crippen MR) is 73.3 cm³/mol. The van der Waals surface area contributed by atoms with Crippen molar-refractivity contribution < 1.29 is 18.0 Å². The maximum atomic E-state index is 12.5. The maximum Gasteiger partial charge on any atom is 0.433 e. The van der Waals surface area contributed by atoms with Gasteiger partial charge in [-0.25, -0.2) is 9.97 Å². The molecule has 0 aliphatic carbocycles. The largest absolute Gasteiger partial charge is 0.433 e. The average molecular weight is 312 g/mol. The number of thioether (sulfide) groups is 1. The van der Waals surface area contributed by atoms with Crippen molar-refractivity contribution in [2.45, 2.75) is 18.3 Å². The van der Waals surface area contributed by atoms with Crippen LogP contribution in [0.2, 0.25) is 0 Å². The van der Waals surface area contributed by atoms with Gasteiger partial charge in [0.15, 0.2) is 10.9 Å². The number of halogens is 3. The Morgan fingerprint density at radius 1 is 1.19 bits per heavy atom. The highest BCUT2D eigenvalue weighted by molar-refractivity contribution is 7.99. The van der Waals surface area contributed by atoms with Gasteiger partial charge in [-0.1, -0.05) is 41.6 Å². The summed E-state index contributed by atoms with van der Waals surface area (Å²) in [5.74, 6) is -0.189. The zero-order chi connectivity index (χ0) is 15.5. The summed E-state index contributed by atoms with van der Waals surface area (Å²) in [6.07, 6.45) is -3.48. The first-order chi connectivity index (χ1) is 9.86. The van der Waals surface area contributed by atoms with Crippen molar-refractivity contribution in [3.63, 3.8) is 0 Å². The first kappa shape index (κ1) is 15.5. The van der Waals surface area contributed by atoms with E-state index in [0.717, 1.165) is 29.6 Å². The van der Waals surface area contributed by atoms with E-state index in [2.05, 4.69) is 9.97 Å². The van der Waals surface area contributed by atoms with Crippen molar-refractivity contribution in [2.24, 2.45) is 0 Å². The fourth-order valence-corrected chi connectivity index (χ4v) is 2.25. The summed E-state index contributed by atoms with van der Waals surface area (Å²) in [5.41, 5.74) is 0.531. The van der Waals surface area contributed by atoms with Crippen LogP contribution < -0.4 is 0 Å². The molecule has 1 heterocycles. The van der Waals surface area contributed by atoms with Crippen LogP contribution in [0.15, 0.2) is 41.7 Å². The Morgan fingerprint density at radius 3 is 2.48 bits per heavy atom. The van der Waals surface area contributed by atoms with Crippen molar-refractivity contribution in [3.05, 3.63) is 53.3 Å². The normalized spacial score (nSPS) is 11.4. The van der Waals surface area contributed by atoms with E-state index in [-0.39, 0.29) is 16.7 Å². The van der Waals surface area contributed by atoms with E-state index in [1.54, 1.807) is 24.3 Å². The lowest BCUT2D eigenvalue weighted by molar-refractivity contribution is -0.141. The standard InChI is InChI=1S/C14H11F3N2OS/c1-9-2-4-10(5-3-9)11(20)8-21-13-18-7-6-12(19-13)14(15,16)17/h2-7H,8H2,1H3. The molecule has 0 N–H and O–H groups in total. The van der Waals surface area contributed by atoms with Crippen LogP contribution in [0, 0.1) is 6.92 Å². The predicted octanol–water partition coefficient (Wildman–Crippen LogP) is 3.78. The topological polar surface area (TPSA) is 42.9 Å². The molecule has 3 nitrogen and oxygen atoms in total. The number of benzene rings is 1. The molecule has 1 aromatic heterocycles. The fraction of sp³-hybridized carbons (Fsp3) is 0.214. The number of hydrogen-bond donors (Lipinski definition) is 0. The summed E-state index contributed by atoms with van der Waals surface area (Å²) < 4.78 is 37.5. The lowest BCUT2D eigenvalue weighted by Gasteiger charge is -2.06. The van der Waals surface area contributed by atoms with Gasteiger partial charge in [0, 0.05) is 11.8 Å². The molecule has 0 saturated heterocycles. The van der Waals surface area contributed by atoms with E-state index >= 15 is 0 Å². The summed E-state index contributed by atoms with van der Waals surface area (Å²) in [6, 6.07) is 7.78. The monoisotopic (exact) mass is 312 g/mol. The molecule has 0 unspecified atom stereocenters. The number of alkyl halides is 3. The summed E-state index contributed by atoms with van der Waals surface area (Å²) >= 11 is 0.886. The third-order valence-electron chi connectivity index (χ3n) is 2.63. The molecule has 110 valence electrons. The van der Waals surface area contributed by atoms with Gasteiger partial charge in [0.25, 0.3) is 0 Å². The van der Waals surface area contributed by atoms with Crippen LogP contribution in [0.25, 0.3) is 0 Å². The van der Waals surface area contributed by atoms with Gasteiger partial charge in [0.05, 0.1) is 5.75 Å². The molecule has 0 aliphatic rings. The van der Waals surface area contributed by atoms with Crippen LogP contribution in [-0.2, 0) is 6.18 Å². The highest BCUT2D eigenvalue weighted by Gasteiger charge is 2.32. The lowest BCUT2D eigenvalue weighted by atomic mass is 10.1. The first-order valence-electron chi connectivity index (χ1n) is 5.99. The quantitative estimate of drug-likeness (QED) is 0.489. The van der Waals surface area contributed by atoms with Gasteiger partial charge >= 0.3 is 6.18 Å². The van der Waals surface area contributed by atoms with Gasteiger partial charge in [-0.3, -0.25) is 4.79 Å². The average Bonchev–Trinajstić information content (AvgIpc) is 2.45. The van der Waals surface area contributed by atoms with Crippen LogP contribution in [-0.4, -0.2) is 21.5 Å². The number of Topliss-reactive ketones (excluding diaryl/α,β-unsaturated/α-hetero) is 1. The molecule has 0 fully saturated rings. The van der Waals surface area contributed by atoms with E-state index in [4.69, 9.17) is 0 Å². The van der Waals surface area contributed by atoms with E-state index < -0.39 is 11.9 Å². The van der Waals surface area contributed by atoms with Gasteiger partial charge in [-0.2, -0.15) is 13.2 Å². The van der Waals surface area contributed by atoms with E-state index in [1.165, 1.54) is 0 Å². The number of hydrogen-bond acceptors (Lipinski definition) is 4. The second-order valence-corrected chi connectivity index (χ2v) is 5.24. The maximum absolute atomic E-state index is 12.5. The number of nitrogens with zero attached hydrogens (tertiary/aromatic N) is 2. The van der Waals surface area contributed by atoms with Crippen molar-refractivity contribution in [1.82, 2.24) is 9.97 Å². The van der Waals surface area contributed by atoms with E-state index in [9.17, 15) is 18.0 Å². The Hall–Kier alpha value is -1.89. The fourth-order valence-electron chi connectivity index (χ4n) is 1.52. The van der Waals surface area contributed by atoms with E-state index in [0.29, 0.717) is 5.56 Å². The highest BCUT2D eigenvalue weighted by atomic mass is 32.2. The Bertz CT molecular complexity index is 641. The van der Waals surface area contributed by atoms with Crippen molar-refractivity contribution >= 4 is 17.5 Å². The van der Waals surface area contributed by atoms with Crippen molar-refractivity contribution in [2.75, 3.05) is 5.75 Å². The molecule has 0 saturated carbocycles. The Morgan fingerprint density at radius 2 is 1.86 bits per heavy atom. The lowest BCUT2D eigenvalue weighted by Crippen LogP contribution is -2.09. The Balaban J connectivity index is 2.03. The number of aryl methyl sites for hydroxylation is 1. The summed E-state index contributed by atoms with van der Waals surface area (Å²) in [4.78, 5) is 19.0. The molecule has 2 aromatic rings. The molecule has 0 aliphatic heterocycles. The second kappa shape index (κ2) is 6.26. The molecule has 7 heteroatoms. The summed E-state index contributed by atoms with van der Waals surface area (Å²) in [5, 5.41) is -0.0645. The van der Waals surface area contributed by atoms with Crippen LogP contribution >= 0.6 is 11.8 Å². The van der Waals surface area contributed by atoms with Gasteiger partial charge in [-0.15, -0.1) is 0 Å². The summed E-state index contributed by atoms with van der Waals surface area (Å²) in [7, 11) is 0. The molecule has 0 bridgehead atoms. The molecule has 0 spiro atoms. The molecule has 1 aromatic carbocycles. The van der Waals surface area contributed by atoms with E-state index in [1.807, 2.05) is 6.92 Å². The first-order valence-corrected chi connectivity index (χ1v) is 6.98. The number of carbonyl (C=O) groups excluding carboxylic acids is 1. The van der Waals surface area contributed by atoms with Crippen LogP contribution in [0.5, 0.6) is 0 Å². The van der Waals surface area contributed by atoms with Crippen molar-refractivity contribution in [3.8, 4) is 0 Å². The molecule has 21 heavy (non-hydrogen) atoms. The van der Waals surface area contributed by atoms with Crippen LogP contribution in [0.1, 0.15) is 21.6 Å².